The van der Waals surface area contributed by atoms with E-state index >= 15 is 0 Å². The van der Waals surface area contributed by atoms with Crippen LogP contribution in [0.2, 0.25) is 0 Å². The number of esters is 1. The first-order chi connectivity index (χ1) is 7.56. The molecule has 0 fully saturated rings. The van der Waals surface area contributed by atoms with Gasteiger partial charge in [-0.05, 0) is 13.0 Å². The molecule has 0 saturated heterocycles. The Balaban J connectivity index is 2.22. The van der Waals surface area contributed by atoms with Gasteiger partial charge in [0.25, 0.3) is 0 Å². The van der Waals surface area contributed by atoms with E-state index in [2.05, 4.69) is 15.2 Å². The highest BCUT2D eigenvalue weighted by molar-refractivity contribution is 5.78. The highest BCUT2D eigenvalue weighted by Gasteiger charge is 2.30. The molecule has 1 aromatic rings. The first kappa shape index (κ1) is 12.7. The number of carbonyl (C=O) groups excluding carboxylic acids is 1. The van der Waals surface area contributed by atoms with Crippen LogP contribution in [0.25, 0.3) is 0 Å². The Hall–Kier alpha value is -1.40. The maximum absolute atomic E-state index is 11.1. The zero-order valence-corrected chi connectivity index (χ0v) is 9.51. The fourth-order valence-electron chi connectivity index (χ4n) is 1.25. The summed E-state index contributed by atoms with van der Waals surface area (Å²) in [5, 5.41) is 16.7. The summed E-state index contributed by atoms with van der Waals surface area (Å²) in [5.74, 6) is -0.640. The minimum absolute atomic E-state index is 0.154. The fraction of sp³-hybridized carbons (Fsp3) is 0.600. The van der Waals surface area contributed by atoms with Crippen LogP contribution in [0.3, 0.4) is 0 Å². The summed E-state index contributed by atoms with van der Waals surface area (Å²) in [6.07, 6.45) is 3.55. The van der Waals surface area contributed by atoms with Gasteiger partial charge < -0.3 is 15.2 Å². The Bertz CT molecular complexity index is 322. The molecular weight excluding hydrogens is 210 g/mol. The molecule has 1 aromatic heterocycles. The zero-order valence-electron chi connectivity index (χ0n) is 9.51. The SMILES string of the molecule is COC(=O)C(C)(O)CNCCn1cccn1. The summed E-state index contributed by atoms with van der Waals surface area (Å²) in [5.41, 5.74) is -1.49. The lowest BCUT2D eigenvalue weighted by molar-refractivity contribution is -0.159. The molecule has 0 amide bonds. The number of nitrogens with one attached hydrogen (secondary N) is 1. The second kappa shape index (κ2) is 5.62. The van der Waals surface area contributed by atoms with Crippen LogP contribution in [0.15, 0.2) is 18.5 Å². The van der Waals surface area contributed by atoms with Crippen LogP contribution in [-0.4, -0.2) is 46.7 Å². The molecule has 2 N–H and O–H groups in total. The molecule has 0 aliphatic rings. The summed E-state index contributed by atoms with van der Waals surface area (Å²) in [6.45, 7) is 2.87. The van der Waals surface area contributed by atoms with Crippen LogP contribution >= 0.6 is 0 Å². The molecule has 1 rings (SSSR count). The van der Waals surface area contributed by atoms with E-state index in [4.69, 9.17) is 0 Å². The number of methoxy groups -OCH3 is 1. The van der Waals surface area contributed by atoms with Crippen molar-refractivity contribution in [2.24, 2.45) is 0 Å². The molecule has 0 aliphatic carbocycles. The molecule has 1 heterocycles. The maximum Gasteiger partial charge on any atom is 0.338 e. The van der Waals surface area contributed by atoms with E-state index in [1.165, 1.54) is 14.0 Å². The van der Waals surface area contributed by atoms with E-state index < -0.39 is 11.6 Å². The van der Waals surface area contributed by atoms with Gasteiger partial charge in [0.2, 0.25) is 0 Å². The molecule has 0 aliphatic heterocycles. The van der Waals surface area contributed by atoms with E-state index in [-0.39, 0.29) is 6.54 Å². The van der Waals surface area contributed by atoms with Gasteiger partial charge in [-0.3, -0.25) is 4.68 Å². The number of aliphatic hydroxyl groups is 1. The highest BCUT2D eigenvalue weighted by Crippen LogP contribution is 2.03. The van der Waals surface area contributed by atoms with Gasteiger partial charge in [-0.15, -0.1) is 0 Å². The van der Waals surface area contributed by atoms with Crippen LogP contribution < -0.4 is 5.32 Å². The number of aromatic nitrogens is 2. The Morgan fingerprint density at radius 2 is 2.44 bits per heavy atom. The van der Waals surface area contributed by atoms with Crippen molar-refractivity contribution < 1.29 is 14.6 Å². The van der Waals surface area contributed by atoms with Crippen LogP contribution in [0.1, 0.15) is 6.92 Å². The average molecular weight is 227 g/mol. The molecule has 16 heavy (non-hydrogen) atoms. The van der Waals surface area contributed by atoms with Gasteiger partial charge in [-0.2, -0.15) is 5.10 Å². The van der Waals surface area contributed by atoms with E-state index in [1.807, 2.05) is 12.3 Å². The smallest absolute Gasteiger partial charge is 0.338 e. The Kier molecular flexibility index (Phi) is 4.45. The number of carbonyl (C=O) groups is 1. The van der Waals surface area contributed by atoms with Crippen molar-refractivity contribution in [2.45, 2.75) is 19.1 Å². The van der Waals surface area contributed by atoms with Crippen molar-refractivity contribution in [1.29, 1.82) is 0 Å². The summed E-state index contributed by atoms with van der Waals surface area (Å²) in [7, 11) is 1.25. The molecule has 0 radical (unpaired) electrons. The van der Waals surface area contributed by atoms with Gasteiger partial charge in [0.05, 0.1) is 13.7 Å². The molecule has 0 spiro atoms. The Morgan fingerprint density at radius 1 is 1.69 bits per heavy atom. The van der Waals surface area contributed by atoms with Crippen molar-refractivity contribution >= 4 is 5.97 Å². The minimum atomic E-state index is -1.49. The third kappa shape index (κ3) is 3.63. The van der Waals surface area contributed by atoms with Crippen molar-refractivity contribution in [3.05, 3.63) is 18.5 Å². The van der Waals surface area contributed by atoms with Crippen LogP contribution in [0.5, 0.6) is 0 Å². The first-order valence-corrected chi connectivity index (χ1v) is 5.05. The van der Waals surface area contributed by atoms with Crippen molar-refractivity contribution in [3.63, 3.8) is 0 Å². The molecule has 6 heteroatoms. The summed E-state index contributed by atoms with van der Waals surface area (Å²) >= 11 is 0. The van der Waals surface area contributed by atoms with Crippen molar-refractivity contribution in [2.75, 3.05) is 20.2 Å². The molecule has 1 unspecified atom stereocenters. The summed E-state index contributed by atoms with van der Waals surface area (Å²) in [6, 6.07) is 1.84. The van der Waals surface area contributed by atoms with E-state index in [0.717, 1.165) is 0 Å². The number of hydrogen-bond acceptors (Lipinski definition) is 5. The zero-order chi connectivity index (χ0) is 12.0. The maximum atomic E-state index is 11.1. The molecule has 90 valence electrons. The van der Waals surface area contributed by atoms with Crippen LogP contribution in [0, 0.1) is 0 Å². The quantitative estimate of drug-likeness (QED) is 0.501. The lowest BCUT2D eigenvalue weighted by Crippen LogP contribution is -2.46. The van der Waals surface area contributed by atoms with Gasteiger partial charge in [0.1, 0.15) is 0 Å². The monoisotopic (exact) mass is 227 g/mol. The Labute approximate surface area is 94.2 Å². The number of rotatable bonds is 6. The normalized spacial score (nSPS) is 14.4. The predicted octanol–water partition coefficient (Wildman–Crippen LogP) is -0.603. The predicted molar refractivity (Wildman–Crippen MR) is 57.7 cm³/mol. The van der Waals surface area contributed by atoms with Gasteiger partial charge >= 0.3 is 5.97 Å². The molecule has 0 saturated carbocycles. The van der Waals surface area contributed by atoms with E-state index in [0.29, 0.717) is 13.1 Å². The van der Waals surface area contributed by atoms with Gasteiger partial charge in [0, 0.05) is 25.5 Å². The lowest BCUT2D eigenvalue weighted by Gasteiger charge is -2.20. The third-order valence-electron chi connectivity index (χ3n) is 2.17. The molecular formula is C10H17N3O3. The van der Waals surface area contributed by atoms with Crippen molar-refractivity contribution in [1.82, 2.24) is 15.1 Å². The van der Waals surface area contributed by atoms with Gasteiger partial charge in [-0.1, -0.05) is 0 Å². The van der Waals surface area contributed by atoms with Crippen LogP contribution in [-0.2, 0) is 16.1 Å². The van der Waals surface area contributed by atoms with E-state index in [9.17, 15) is 9.90 Å². The summed E-state index contributed by atoms with van der Waals surface area (Å²) in [4.78, 5) is 11.1. The van der Waals surface area contributed by atoms with Crippen molar-refractivity contribution in [3.8, 4) is 0 Å². The fourth-order valence-corrected chi connectivity index (χ4v) is 1.25. The topological polar surface area (TPSA) is 76.4 Å². The molecule has 6 nitrogen and oxygen atoms in total. The number of nitrogens with zero attached hydrogens (tertiary/aromatic N) is 2. The number of ether oxygens (including phenoxy) is 1. The Morgan fingerprint density at radius 3 is 3.00 bits per heavy atom. The second-order valence-electron chi connectivity index (χ2n) is 3.71. The standard InChI is InChI=1S/C10H17N3O3/c1-10(15,9(14)16-2)8-11-5-7-13-6-3-4-12-13/h3-4,6,11,15H,5,7-8H2,1-2H3. The lowest BCUT2D eigenvalue weighted by atomic mass is 10.1. The highest BCUT2D eigenvalue weighted by atomic mass is 16.5. The first-order valence-electron chi connectivity index (χ1n) is 5.05. The van der Waals surface area contributed by atoms with Gasteiger partial charge in [-0.25, -0.2) is 4.79 Å². The van der Waals surface area contributed by atoms with Crippen LogP contribution in [0.4, 0.5) is 0 Å². The number of hydrogen-bond donors (Lipinski definition) is 2. The largest absolute Gasteiger partial charge is 0.467 e. The molecule has 0 aromatic carbocycles. The van der Waals surface area contributed by atoms with E-state index in [1.54, 1.807) is 10.9 Å². The summed E-state index contributed by atoms with van der Waals surface area (Å²) < 4.78 is 6.24. The third-order valence-corrected chi connectivity index (χ3v) is 2.17. The average Bonchev–Trinajstić information content (AvgIpc) is 2.76. The minimum Gasteiger partial charge on any atom is -0.467 e. The molecule has 1 atom stereocenters. The van der Waals surface area contributed by atoms with Gasteiger partial charge in [0.15, 0.2) is 5.60 Å². The second-order valence-corrected chi connectivity index (χ2v) is 3.71. The molecule has 0 bridgehead atoms.